The Balaban J connectivity index is 1.29. The molecule has 8 aromatic carbocycles. The smallest absolute Gasteiger partial charge is 0.146 e. The molecule has 0 radical (unpaired) electrons. The highest BCUT2D eigenvalue weighted by Crippen LogP contribution is 2.49. The fourth-order valence-corrected chi connectivity index (χ4v) is 9.60. The number of anilines is 3. The first kappa shape index (κ1) is 27.5. The summed E-state index contributed by atoms with van der Waals surface area (Å²) in [4.78, 5) is 8.19. The highest BCUT2D eigenvalue weighted by Gasteiger charge is 2.27. The Bertz CT molecular complexity index is 3580. The summed E-state index contributed by atoms with van der Waals surface area (Å²) >= 11 is 0. The molecule has 0 amide bonds. The van der Waals surface area contributed by atoms with Gasteiger partial charge in [0.1, 0.15) is 5.65 Å². The molecule has 0 saturated heterocycles. The SMILES string of the molecule is c1ccc(N(c2ccccc2)c2cccc3c4cc5ccccc5c5c6nc7c(cc6n(c23)c45)c2c3ccccc3cc3c4ccccc4n7c32)cc1. The molecule has 0 saturated carbocycles. The van der Waals surface area contributed by atoms with Crippen LogP contribution >= 0.6 is 0 Å². The predicted octanol–water partition coefficient (Wildman–Crippen LogP) is 13.2. The summed E-state index contributed by atoms with van der Waals surface area (Å²) in [5, 5.41) is 13.6. The molecule has 0 bridgehead atoms. The first-order valence-electron chi connectivity index (χ1n) is 18.2. The molecule has 244 valence electrons. The maximum absolute atomic E-state index is 5.79. The molecule has 4 nitrogen and oxygen atoms in total. The summed E-state index contributed by atoms with van der Waals surface area (Å²) in [6, 6.07) is 61.9. The standard InChI is InChI=1S/C49H28N4/c1-3-16-31(17-4-1)51(32-18-5-2-6-19-32)41-25-13-23-36-38-27-30-15-8-10-21-34(30)44-45-42(52(46(36)41)48(38)44)28-39-43-33-20-9-7-14-29(33)26-37-35-22-11-12-24-40(35)53(47(37)43)49(39)50-45/h1-28H. The summed E-state index contributed by atoms with van der Waals surface area (Å²) in [6.45, 7) is 0. The van der Waals surface area contributed by atoms with Crippen LogP contribution in [0.15, 0.2) is 170 Å². The van der Waals surface area contributed by atoms with Crippen LogP contribution in [-0.4, -0.2) is 13.8 Å². The van der Waals surface area contributed by atoms with Crippen LogP contribution < -0.4 is 4.90 Å². The van der Waals surface area contributed by atoms with E-state index < -0.39 is 0 Å². The number of benzene rings is 8. The molecule has 0 aliphatic rings. The Morgan fingerprint density at radius 1 is 0.377 bits per heavy atom. The van der Waals surface area contributed by atoms with Gasteiger partial charge in [-0.2, -0.15) is 0 Å². The van der Waals surface area contributed by atoms with E-state index in [1.807, 2.05) is 0 Å². The van der Waals surface area contributed by atoms with E-state index in [0.29, 0.717) is 0 Å². The highest BCUT2D eigenvalue weighted by atomic mass is 15.2. The number of nitrogens with zero attached hydrogens (tertiary/aromatic N) is 4. The first-order chi connectivity index (χ1) is 26.3. The summed E-state index contributed by atoms with van der Waals surface area (Å²) in [5.74, 6) is 0. The Morgan fingerprint density at radius 2 is 0.943 bits per heavy atom. The van der Waals surface area contributed by atoms with Gasteiger partial charge in [-0.15, -0.1) is 0 Å². The molecule has 0 aliphatic heterocycles. The van der Waals surface area contributed by atoms with Crippen LogP contribution in [0.25, 0.3) is 98.0 Å². The summed E-state index contributed by atoms with van der Waals surface area (Å²) in [6.07, 6.45) is 0. The average molecular weight is 673 g/mol. The molecular weight excluding hydrogens is 645 g/mol. The van der Waals surface area contributed by atoms with Gasteiger partial charge in [0.2, 0.25) is 0 Å². The number of para-hydroxylation sites is 4. The van der Waals surface area contributed by atoms with Crippen molar-refractivity contribution in [3.63, 3.8) is 0 Å². The summed E-state index contributed by atoms with van der Waals surface area (Å²) < 4.78 is 4.95. The molecule has 0 aliphatic carbocycles. The molecule has 13 rings (SSSR count). The topological polar surface area (TPSA) is 25.0 Å². The van der Waals surface area contributed by atoms with Gasteiger partial charge in [-0.1, -0.05) is 115 Å². The summed E-state index contributed by atoms with van der Waals surface area (Å²) in [7, 11) is 0. The van der Waals surface area contributed by atoms with E-state index in [1.165, 1.54) is 81.3 Å². The fraction of sp³-hybridized carbons (Fsp3) is 0. The second-order valence-electron chi connectivity index (χ2n) is 14.3. The molecule has 0 fully saturated rings. The minimum atomic E-state index is 1.01. The second kappa shape index (κ2) is 9.78. The van der Waals surface area contributed by atoms with Crippen LogP contribution in [-0.2, 0) is 0 Å². The number of pyridine rings is 1. The Morgan fingerprint density at radius 3 is 1.66 bits per heavy atom. The van der Waals surface area contributed by atoms with E-state index >= 15 is 0 Å². The van der Waals surface area contributed by atoms with E-state index in [1.54, 1.807) is 0 Å². The second-order valence-corrected chi connectivity index (χ2v) is 14.3. The summed E-state index contributed by atoms with van der Waals surface area (Å²) in [5.41, 5.74) is 11.4. The maximum atomic E-state index is 5.79. The van der Waals surface area contributed by atoms with Crippen molar-refractivity contribution >= 4 is 115 Å². The fourth-order valence-electron chi connectivity index (χ4n) is 9.60. The van der Waals surface area contributed by atoms with Crippen LogP contribution in [0.5, 0.6) is 0 Å². The van der Waals surface area contributed by atoms with E-state index in [-0.39, 0.29) is 0 Å². The third kappa shape index (κ3) is 3.39. The number of rotatable bonds is 3. The van der Waals surface area contributed by atoms with Crippen molar-refractivity contribution in [3.05, 3.63) is 170 Å². The molecular formula is C49H28N4. The van der Waals surface area contributed by atoms with Gasteiger partial charge < -0.3 is 9.30 Å². The Labute approximate surface area is 302 Å². The number of aromatic nitrogens is 3. The number of hydrogen-bond acceptors (Lipinski definition) is 2. The zero-order valence-corrected chi connectivity index (χ0v) is 28.5. The van der Waals surface area contributed by atoms with Gasteiger partial charge in [-0.25, -0.2) is 4.98 Å². The Hall–Kier alpha value is -7.17. The lowest BCUT2D eigenvalue weighted by atomic mass is 10.00. The number of fused-ring (bicyclic) bond motifs is 16. The highest BCUT2D eigenvalue weighted by molar-refractivity contribution is 6.35. The van der Waals surface area contributed by atoms with Gasteiger partial charge in [0.05, 0.1) is 38.8 Å². The predicted molar refractivity (Wildman–Crippen MR) is 223 cm³/mol. The van der Waals surface area contributed by atoms with Gasteiger partial charge in [-0.05, 0) is 76.1 Å². The molecule has 5 heterocycles. The molecule has 4 heteroatoms. The van der Waals surface area contributed by atoms with Crippen molar-refractivity contribution in [1.82, 2.24) is 13.8 Å². The molecule has 0 unspecified atom stereocenters. The molecule has 0 spiro atoms. The largest absolute Gasteiger partial charge is 0.308 e. The average Bonchev–Trinajstić information content (AvgIpc) is 3.94. The normalized spacial score (nSPS) is 12.5. The zero-order valence-electron chi connectivity index (χ0n) is 28.5. The van der Waals surface area contributed by atoms with Crippen LogP contribution in [0, 0.1) is 0 Å². The molecule has 0 atom stereocenters. The van der Waals surface area contributed by atoms with Crippen molar-refractivity contribution in [1.29, 1.82) is 0 Å². The zero-order chi connectivity index (χ0) is 34.4. The van der Waals surface area contributed by atoms with Gasteiger partial charge in [0.25, 0.3) is 0 Å². The molecule has 13 aromatic rings. The first-order valence-corrected chi connectivity index (χ1v) is 18.2. The van der Waals surface area contributed by atoms with Gasteiger partial charge in [-0.3, -0.25) is 4.40 Å². The lowest BCUT2D eigenvalue weighted by Crippen LogP contribution is -2.10. The van der Waals surface area contributed by atoms with E-state index in [9.17, 15) is 0 Å². The number of hydrogen-bond donors (Lipinski definition) is 0. The lowest BCUT2D eigenvalue weighted by molar-refractivity contribution is 1.26. The third-order valence-corrected chi connectivity index (χ3v) is 11.7. The van der Waals surface area contributed by atoms with Crippen molar-refractivity contribution < 1.29 is 0 Å². The van der Waals surface area contributed by atoms with Crippen LogP contribution in [0.4, 0.5) is 17.1 Å². The third-order valence-electron chi connectivity index (χ3n) is 11.7. The van der Waals surface area contributed by atoms with E-state index in [4.69, 9.17) is 4.98 Å². The maximum Gasteiger partial charge on any atom is 0.146 e. The Kier molecular flexibility index (Phi) is 5.08. The monoisotopic (exact) mass is 672 g/mol. The molecule has 53 heavy (non-hydrogen) atoms. The molecule has 5 aromatic heterocycles. The minimum absolute atomic E-state index is 1.01. The van der Waals surface area contributed by atoms with Crippen molar-refractivity contribution in [2.75, 3.05) is 4.90 Å². The van der Waals surface area contributed by atoms with Crippen molar-refractivity contribution in [2.45, 2.75) is 0 Å². The van der Waals surface area contributed by atoms with Crippen LogP contribution in [0.2, 0.25) is 0 Å². The van der Waals surface area contributed by atoms with Crippen molar-refractivity contribution in [3.8, 4) is 0 Å². The minimum Gasteiger partial charge on any atom is -0.308 e. The van der Waals surface area contributed by atoms with Crippen molar-refractivity contribution in [2.24, 2.45) is 0 Å². The van der Waals surface area contributed by atoms with Crippen LogP contribution in [0.1, 0.15) is 0 Å². The van der Waals surface area contributed by atoms with Gasteiger partial charge in [0.15, 0.2) is 0 Å². The van der Waals surface area contributed by atoms with E-state index in [0.717, 1.165) is 33.7 Å². The van der Waals surface area contributed by atoms with Gasteiger partial charge >= 0.3 is 0 Å². The lowest BCUT2D eigenvalue weighted by Gasteiger charge is -2.26. The molecule has 0 N–H and O–H groups in total. The van der Waals surface area contributed by atoms with Crippen LogP contribution in [0.3, 0.4) is 0 Å². The quantitative estimate of drug-likeness (QED) is 0.187. The van der Waals surface area contributed by atoms with Gasteiger partial charge in [0, 0.05) is 49.1 Å². The van der Waals surface area contributed by atoms with E-state index in [2.05, 4.69) is 184 Å².